The number of hydrogen-bond acceptors (Lipinski definition) is 4. The van der Waals surface area contributed by atoms with E-state index in [4.69, 9.17) is 0 Å². The van der Waals surface area contributed by atoms with Crippen molar-refractivity contribution in [2.45, 2.75) is 19.4 Å². The van der Waals surface area contributed by atoms with Gasteiger partial charge in [-0.25, -0.2) is 0 Å². The van der Waals surface area contributed by atoms with Gasteiger partial charge in [-0.3, -0.25) is 9.59 Å². The summed E-state index contributed by atoms with van der Waals surface area (Å²) in [6.45, 7) is 0.969. The lowest BCUT2D eigenvalue weighted by molar-refractivity contribution is -0.120. The van der Waals surface area contributed by atoms with Crippen molar-refractivity contribution in [1.82, 2.24) is 13.9 Å². The smallest absolute Gasteiger partial charge is 0.281 e. The van der Waals surface area contributed by atoms with E-state index in [-0.39, 0.29) is 30.8 Å². The van der Waals surface area contributed by atoms with Crippen LogP contribution in [0.25, 0.3) is 0 Å². The second-order valence-electron chi connectivity index (χ2n) is 7.67. The lowest BCUT2D eigenvalue weighted by Crippen LogP contribution is -2.46. The molecule has 9 heteroatoms. The fourth-order valence-electron chi connectivity index (χ4n) is 3.48. The van der Waals surface area contributed by atoms with Crippen molar-refractivity contribution in [3.8, 4) is 0 Å². The van der Waals surface area contributed by atoms with E-state index < -0.39 is 10.2 Å². The molecule has 0 radical (unpaired) electrons. The summed E-state index contributed by atoms with van der Waals surface area (Å²) in [6, 6.07) is 16.5. The molecule has 0 spiro atoms. The number of carbonyl (C=O) groups is 2. The molecule has 1 fully saturated rings. The molecule has 0 unspecified atom stereocenters. The van der Waals surface area contributed by atoms with E-state index in [0.29, 0.717) is 30.6 Å². The number of benzene rings is 2. The van der Waals surface area contributed by atoms with Gasteiger partial charge in [-0.2, -0.15) is 17.0 Å². The Balaban J connectivity index is 1.60. The van der Waals surface area contributed by atoms with Crippen LogP contribution in [-0.4, -0.2) is 56.0 Å². The second kappa shape index (κ2) is 10.0. The average Bonchev–Trinajstić information content (AvgIpc) is 2.78. The molecule has 1 saturated heterocycles. The summed E-state index contributed by atoms with van der Waals surface area (Å²) in [7, 11) is -0.485. The van der Waals surface area contributed by atoms with Gasteiger partial charge in [-0.05, 0) is 30.5 Å². The molecule has 166 valence electrons. The van der Waals surface area contributed by atoms with Crippen molar-refractivity contribution >= 4 is 27.7 Å². The second-order valence-corrected chi connectivity index (χ2v) is 9.81. The molecule has 0 aliphatic carbocycles. The van der Waals surface area contributed by atoms with Gasteiger partial charge < -0.3 is 10.6 Å². The van der Waals surface area contributed by atoms with Crippen molar-refractivity contribution in [3.63, 3.8) is 0 Å². The predicted molar refractivity (Wildman–Crippen MR) is 120 cm³/mol. The van der Waals surface area contributed by atoms with E-state index in [1.165, 1.54) is 22.7 Å². The molecule has 2 aromatic rings. The molecule has 3 rings (SSSR count). The summed E-state index contributed by atoms with van der Waals surface area (Å²) in [5.74, 6) is -0.786. The topological polar surface area (TPSA) is 98.8 Å². The summed E-state index contributed by atoms with van der Waals surface area (Å²) in [5, 5.41) is 5.73. The van der Waals surface area contributed by atoms with E-state index in [1.54, 1.807) is 24.3 Å². The molecule has 0 saturated carbocycles. The van der Waals surface area contributed by atoms with Gasteiger partial charge in [-0.1, -0.05) is 42.5 Å². The first-order chi connectivity index (χ1) is 14.8. The van der Waals surface area contributed by atoms with Crippen LogP contribution in [0.2, 0.25) is 0 Å². The van der Waals surface area contributed by atoms with Crippen LogP contribution in [0, 0.1) is 5.92 Å². The quantitative estimate of drug-likeness (QED) is 0.683. The zero-order valence-electron chi connectivity index (χ0n) is 17.7. The number of para-hydroxylation sites is 1. The third-order valence-electron chi connectivity index (χ3n) is 5.34. The first-order valence-corrected chi connectivity index (χ1v) is 11.6. The molecule has 1 aliphatic rings. The number of amides is 2. The van der Waals surface area contributed by atoms with Crippen molar-refractivity contribution in [1.29, 1.82) is 0 Å². The normalized spacial score (nSPS) is 15.6. The maximum absolute atomic E-state index is 12.8. The van der Waals surface area contributed by atoms with Crippen LogP contribution in [-0.2, 0) is 21.5 Å². The fraction of sp³-hybridized carbons (Fsp3) is 0.364. The van der Waals surface area contributed by atoms with Gasteiger partial charge in [0, 0.05) is 39.6 Å². The predicted octanol–water partition coefficient (Wildman–Crippen LogP) is 2.07. The fourth-order valence-corrected chi connectivity index (χ4v) is 4.61. The maximum atomic E-state index is 12.8. The Morgan fingerprint density at radius 2 is 1.61 bits per heavy atom. The van der Waals surface area contributed by atoms with E-state index in [0.717, 1.165) is 5.56 Å². The van der Waals surface area contributed by atoms with Crippen LogP contribution in [0.1, 0.15) is 28.8 Å². The Kier molecular flexibility index (Phi) is 7.42. The van der Waals surface area contributed by atoms with E-state index in [1.807, 2.05) is 30.3 Å². The van der Waals surface area contributed by atoms with E-state index in [9.17, 15) is 18.0 Å². The molecule has 0 aromatic heterocycles. The zero-order valence-corrected chi connectivity index (χ0v) is 18.6. The van der Waals surface area contributed by atoms with Crippen LogP contribution in [0.4, 0.5) is 5.69 Å². The molecule has 31 heavy (non-hydrogen) atoms. The molecule has 1 aliphatic heterocycles. The molecule has 1 heterocycles. The number of anilines is 1. The minimum Gasteiger partial charge on any atom is -0.348 e. The summed E-state index contributed by atoms with van der Waals surface area (Å²) < 4.78 is 27.1. The first kappa shape index (κ1) is 22.9. The molecule has 2 aromatic carbocycles. The third kappa shape index (κ3) is 5.69. The lowest BCUT2D eigenvalue weighted by Gasteiger charge is -2.32. The van der Waals surface area contributed by atoms with E-state index >= 15 is 0 Å². The van der Waals surface area contributed by atoms with Gasteiger partial charge in [0.2, 0.25) is 5.91 Å². The van der Waals surface area contributed by atoms with Gasteiger partial charge in [0.25, 0.3) is 16.1 Å². The van der Waals surface area contributed by atoms with Gasteiger partial charge in [0.15, 0.2) is 0 Å². The van der Waals surface area contributed by atoms with Gasteiger partial charge in [0.05, 0.1) is 11.3 Å². The number of nitrogens with zero attached hydrogens (tertiary/aromatic N) is 2. The standard InChI is InChI=1S/C22H28N4O4S/c1-25(2)31(29,30)26-14-12-18(13-15-26)21(27)24-20-11-7-6-10-19(20)22(28)23-16-17-8-4-3-5-9-17/h3-11,18H,12-16H2,1-2H3,(H,23,28)(H,24,27). The maximum Gasteiger partial charge on any atom is 0.281 e. The van der Waals surface area contributed by atoms with Gasteiger partial charge in [0.1, 0.15) is 0 Å². The summed E-state index contributed by atoms with van der Waals surface area (Å²) in [4.78, 5) is 25.5. The van der Waals surface area contributed by atoms with Crippen molar-refractivity contribution in [3.05, 3.63) is 65.7 Å². The Bertz CT molecular complexity index is 1020. The highest BCUT2D eigenvalue weighted by molar-refractivity contribution is 7.86. The highest BCUT2D eigenvalue weighted by Gasteiger charge is 2.32. The monoisotopic (exact) mass is 444 g/mol. The molecule has 2 amide bonds. The Labute approximate surface area is 183 Å². The van der Waals surface area contributed by atoms with E-state index in [2.05, 4.69) is 10.6 Å². The van der Waals surface area contributed by atoms with Crippen LogP contribution in [0.15, 0.2) is 54.6 Å². The van der Waals surface area contributed by atoms with Crippen molar-refractivity contribution in [2.75, 3.05) is 32.5 Å². The van der Waals surface area contributed by atoms with Crippen LogP contribution in [0.5, 0.6) is 0 Å². The third-order valence-corrected chi connectivity index (χ3v) is 7.28. The van der Waals surface area contributed by atoms with Gasteiger partial charge in [-0.15, -0.1) is 0 Å². The Morgan fingerprint density at radius 1 is 1.00 bits per heavy atom. The Morgan fingerprint density at radius 3 is 2.26 bits per heavy atom. The molecular weight excluding hydrogens is 416 g/mol. The Hall–Kier alpha value is -2.75. The lowest BCUT2D eigenvalue weighted by atomic mass is 9.97. The van der Waals surface area contributed by atoms with Crippen LogP contribution >= 0.6 is 0 Å². The number of piperidine rings is 1. The largest absolute Gasteiger partial charge is 0.348 e. The highest BCUT2D eigenvalue weighted by Crippen LogP contribution is 2.23. The molecule has 0 atom stereocenters. The van der Waals surface area contributed by atoms with Crippen molar-refractivity contribution in [2.24, 2.45) is 5.92 Å². The minimum atomic E-state index is -3.47. The average molecular weight is 445 g/mol. The van der Waals surface area contributed by atoms with Gasteiger partial charge >= 0.3 is 0 Å². The number of hydrogen-bond donors (Lipinski definition) is 2. The van der Waals surface area contributed by atoms with Crippen LogP contribution in [0.3, 0.4) is 0 Å². The zero-order chi connectivity index (χ0) is 22.4. The molecular formula is C22H28N4O4S. The highest BCUT2D eigenvalue weighted by atomic mass is 32.2. The number of rotatable bonds is 7. The van der Waals surface area contributed by atoms with Crippen LogP contribution < -0.4 is 10.6 Å². The van der Waals surface area contributed by atoms with Crippen molar-refractivity contribution < 1.29 is 18.0 Å². The molecule has 8 nitrogen and oxygen atoms in total. The number of nitrogens with one attached hydrogen (secondary N) is 2. The first-order valence-electron chi connectivity index (χ1n) is 10.2. The summed E-state index contributed by atoms with van der Waals surface area (Å²) in [5.41, 5.74) is 1.82. The molecule has 0 bridgehead atoms. The summed E-state index contributed by atoms with van der Waals surface area (Å²) in [6.07, 6.45) is 0.864. The number of carbonyl (C=O) groups excluding carboxylic acids is 2. The minimum absolute atomic E-state index is 0.204. The molecule has 2 N–H and O–H groups in total. The summed E-state index contributed by atoms with van der Waals surface area (Å²) >= 11 is 0. The SMILES string of the molecule is CN(C)S(=O)(=O)N1CCC(C(=O)Nc2ccccc2C(=O)NCc2ccccc2)CC1.